The van der Waals surface area contributed by atoms with Crippen LogP contribution < -0.4 is 0 Å². The van der Waals surface area contributed by atoms with Gasteiger partial charge in [0.05, 0.1) is 26.4 Å². The van der Waals surface area contributed by atoms with Gasteiger partial charge in [-0.25, -0.2) is 9.13 Å². The molecule has 16 nitrogen and oxygen atoms in total. The number of hydrogen-bond acceptors (Lipinski definition) is 14. The van der Waals surface area contributed by atoms with Crippen molar-refractivity contribution in [1.82, 2.24) is 0 Å². The Hall–Kier alpha value is -5.61. The van der Waals surface area contributed by atoms with E-state index in [-0.39, 0.29) is 19.3 Å². The van der Waals surface area contributed by atoms with Gasteiger partial charge < -0.3 is 34.2 Å². The summed E-state index contributed by atoms with van der Waals surface area (Å²) in [5.41, 5.74) is 0. The third kappa shape index (κ3) is 89.0. The summed E-state index contributed by atoms with van der Waals surface area (Å²) in [5, 5.41) is 20.7. The molecule has 5 atom stereocenters. The molecular weight excluding hydrogens is 1480 g/mol. The molecule has 0 spiro atoms. The minimum Gasteiger partial charge on any atom is -0.463 e. The van der Waals surface area contributed by atoms with E-state index in [2.05, 4.69) is 215 Å². The van der Waals surface area contributed by atoms with Crippen LogP contribution in [0, 0.1) is 0 Å². The number of aliphatic hydroxyl groups is 2. The lowest BCUT2D eigenvalue weighted by molar-refractivity contribution is -0.161. The second-order valence-electron chi connectivity index (χ2n) is 29.3. The molecule has 18 heteroatoms. The van der Waals surface area contributed by atoms with Crippen molar-refractivity contribution in [1.29, 1.82) is 0 Å². The van der Waals surface area contributed by atoms with Crippen molar-refractivity contribution < 1.29 is 75.8 Å². The molecule has 0 rings (SSSR count). The zero-order valence-electron chi connectivity index (χ0n) is 71.9. The van der Waals surface area contributed by atoms with Crippen LogP contribution in [0.4, 0.5) is 0 Å². The fraction of sp³-hybridized carbons (Fsp3) is 0.639. The first-order chi connectivity index (χ1) is 56.2. The van der Waals surface area contributed by atoms with Gasteiger partial charge in [-0.05, 0) is 161 Å². The van der Waals surface area contributed by atoms with Crippen molar-refractivity contribution in [2.45, 2.75) is 360 Å². The number of hydrogen-bond donors (Lipinski definition) is 4. The largest absolute Gasteiger partial charge is 0.472 e. The highest BCUT2D eigenvalue weighted by Crippen LogP contribution is 2.45. The van der Waals surface area contributed by atoms with Gasteiger partial charge in [-0.1, -0.05) is 356 Å². The van der Waals surface area contributed by atoms with Crippen LogP contribution in [0.3, 0.4) is 0 Å². The van der Waals surface area contributed by atoms with Gasteiger partial charge >= 0.3 is 33.6 Å². The maximum Gasteiger partial charge on any atom is 0.472 e. The fourth-order valence-corrected chi connectivity index (χ4v) is 13.2. The van der Waals surface area contributed by atoms with E-state index >= 15 is 0 Å². The van der Waals surface area contributed by atoms with Gasteiger partial charge in [0.2, 0.25) is 0 Å². The Morgan fingerprint density at radius 1 is 0.243 bits per heavy atom. The molecule has 0 aliphatic carbocycles. The quantitative estimate of drug-likeness (QED) is 0.0146. The smallest absolute Gasteiger partial charge is 0.463 e. The van der Waals surface area contributed by atoms with Crippen molar-refractivity contribution in [2.24, 2.45) is 0 Å². The van der Waals surface area contributed by atoms with E-state index in [0.29, 0.717) is 19.3 Å². The van der Waals surface area contributed by atoms with Gasteiger partial charge in [0.1, 0.15) is 25.4 Å². The second kappa shape index (κ2) is 87.7. The molecule has 115 heavy (non-hydrogen) atoms. The predicted molar refractivity (Wildman–Crippen MR) is 481 cm³/mol. The summed E-state index contributed by atoms with van der Waals surface area (Å²) in [4.78, 5) is 58.9. The predicted octanol–water partition coefficient (Wildman–Crippen LogP) is 27.4. The molecule has 0 heterocycles. The summed E-state index contributed by atoms with van der Waals surface area (Å²) in [6.45, 7) is 2.32. The molecule has 4 N–H and O–H groups in total. The summed E-state index contributed by atoms with van der Waals surface area (Å²) in [5.74, 6) is -1.61. The van der Waals surface area contributed by atoms with E-state index in [1.54, 1.807) is 0 Å². The average Bonchev–Trinajstić information content (AvgIpc) is 0.902. The molecular formula is C97H160O16P2. The highest BCUT2D eigenvalue weighted by atomic mass is 31.2. The first kappa shape index (κ1) is 109. The molecule has 0 bridgehead atoms. The van der Waals surface area contributed by atoms with Gasteiger partial charge in [-0.3, -0.25) is 32.5 Å². The number of allylic oxidation sites excluding steroid dienone is 32. The molecule has 0 saturated carbocycles. The zero-order chi connectivity index (χ0) is 83.6. The Balaban J connectivity index is 4.55. The van der Waals surface area contributed by atoms with Crippen LogP contribution in [-0.4, -0.2) is 95.9 Å². The average molecular weight is 1640 g/mol. The highest BCUT2D eigenvalue weighted by molar-refractivity contribution is 7.47. The van der Waals surface area contributed by atoms with Crippen molar-refractivity contribution in [2.75, 3.05) is 39.6 Å². The molecule has 5 unspecified atom stereocenters. The summed E-state index contributed by atoms with van der Waals surface area (Å²) in [6, 6.07) is 0. The van der Waals surface area contributed by atoms with E-state index in [1.807, 2.05) is 0 Å². The van der Waals surface area contributed by atoms with Gasteiger partial charge in [0, 0.05) is 19.3 Å². The highest BCUT2D eigenvalue weighted by Gasteiger charge is 2.29. The summed E-state index contributed by atoms with van der Waals surface area (Å²) in [7, 11) is -9.82. The summed E-state index contributed by atoms with van der Waals surface area (Å²) in [6.07, 6.45) is 116. The minimum absolute atomic E-state index is 0.0698. The Labute approximate surface area is 699 Å². The summed E-state index contributed by atoms with van der Waals surface area (Å²) < 4.78 is 61.4. The first-order valence-corrected chi connectivity index (χ1v) is 47.7. The second-order valence-corrected chi connectivity index (χ2v) is 32.2. The molecule has 0 aromatic carbocycles. The van der Waals surface area contributed by atoms with Crippen molar-refractivity contribution in [3.05, 3.63) is 194 Å². The molecule has 0 aromatic rings. The number of carbonyl (C=O) groups excluding carboxylic acids is 3. The van der Waals surface area contributed by atoms with Crippen molar-refractivity contribution >= 4 is 33.6 Å². The Morgan fingerprint density at radius 3 is 0.687 bits per heavy atom. The van der Waals surface area contributed by atoms with Gasteiger partial charge in [-0.15, -0.1) is 0 Å². The van der Waals surface area contributed by atoms with Crippen LogP contribution >= 0.6 is 15.6 Å². The Bertz CT molecular complexity index is 2870. The molecule has 0 saturated heterocycles. The van der Waals surface area contributed by atoms with Crippen LogP contribution in [-0.2, 0) is 55.8 Å². The number of rotatable bonds is 83. The summed E-state index contributed by atoms with van der Waals surface area (Å²) >= 11 is 0. The monoisotopic (exact) mass is 1640 g/mol. The fourth-order valence-electron chi connectivity index (χ4n) is 11.6. The number of aliphatic hydroxyl groups excluding tert-OH is 2. The number of ether oxygens (including phenoxy) is 3. The molecule has 654 valence electrons. The number of phosphoric ester groups is 2. The molecule has 0 aliphatic heterocycles. The van der Waals surface area contributed by atoms with E-state index in [4.69, 9.17) is 32.3 Å². The molecule has 0 radical (unpaired) electrons. The molecule has 0 fully saturated rings. The van der Waals surface area contributed by atoms with Gasteiger partial charge in [0.15, 0.2) is 6.10 Å². The third-order valence-corrected chi connectivity index (χ3v) is 20.2. The molecule has 0 aromatic heterocycles. The maximum absolute atomic E-state index is 13.0. The normalized spacial score (nSPS) is 14.7. The maximum atomic E-state index is 13.0. The van der Waals surface area contributed by atoms with Crippen LogP contribution in [0.1, 0.15) is 342 Å². The van der Waals surface area contributed by atoms with Crippen molar-refractivity contribution in [3.8, 4) is 0 Å². The van der Waals surface area contributed by atoms with Crippen LogP contribution in [0.2, 0.25) is 0 Å². The van der Waals surface area contributed by atoms with Crippen molar-refractivity contribution in [3.63, 3.8) is 0 Å². The lowest BCUT2D eigenvalue weighted by atomic mass is 10.0. The van der Waals surface area contributed by atoms with Crippen LogP contribution in [0.15, 0.2) is 194 Å². The first-order valence-electron chi connectivity index (χ1n) is 44.7. The number of phosphoric acid groups is 2. The van der Waals surface area contributed by atoms with Crippen LogP contribution in [0.25, 0.3) is 0 Å². The minimum atomic E-state index is -4.95. The Morgan fingerprint density at radius 2 is 0.435 bits per heavy atom. The number of esters is 3. The van der Waals surface area contributed by atoms with E-state index in [1.165, 1.54) is 96.3 Å². The van der Waals surface area contributed by atoms with Crippen LogP contribution in [0.5, 0.6) is 0 Å². The van der Waals surface area contributed by atoms with Gasteiger partial charge in [0.25, 0.3) is 0 Å². The topological polar surface area (TPSA) is 231 Å². The third-order valence-electron chi connectivity index (χ3n) is 18.3. The van der Waals surface area contributed by atoms with E-state index in [0.717, 1.165) is 186 Å². The Kier molecular flexibility index (Phi) is 83.4. The molecule has 0 amide bonds. The standard InChI is InChI=1S/C97H160O16P2/c1-4-7-10-13-16-19-22-25-28-31-33-35-37-39-41-43-44-45-46-48-50-51-53-55-57-60-62-65-68-71-74-77-80-83-95(100)107-86-92(98)87-109-114(103,104)110-88-93(99)89-111-115(105,106)112-91-94(113-97(102)85-82-79-76-73-70-67-64-59-30-27-24-21-18-15-12-9-6-3)90-108-96(101)84-81-78-75-72-69-66-63-61-58-56-54-52-49-47-42-40-38-36-34-32-29-26-23-20-17-14-11-8-5-2/h7-12,16-21,25-30,33-36,39-42,44-45,49,52,64,67,92-94,98-99H,4-6,13-15,22-24,31-32,37-38,43,46-48,50-51,53-63,65-66,68-91H2,1-3H3,(H,103,104)(H,105,106)/b10-7-,11-8-,12-9-,19-16-,20-17-,21-18-,28-25-,29-26-,30-27-,35-33-,36-34-,41-39-,42-40-,45-44-,52-49-,67-64-. The van der Waals surface area contributed by atoms with Gasteiger partial charge in [-0.2, -0.15) is 0 Å². The SMILES string of the molecule is CC/C=C\C/C=C\C/C=C\C/C=C\C/C=C\C/C=C\CCCCCCCCCCCCCCCCC(=O)OCC(O)COP(=O)(O)OCC(O)COP(=O)(O)OCC(COC(=O)CCCCCCCCCCCC/C=C\C/C=C\C/C=C\C/C=C\C/C=C\C/C=C\CC)OC(=O)CCCCCC/C=C\C/C=C\C/C=C\C/C=C\CC. The van der Waals surface area contributed by atoms with E-state index in [9.17, 15) is 43.5 Å². The number of unbranched alkanes of at least 4 members (excludes halogenated alkanes) is 28. The van der Waals surface area contributed by atoms with E-state index < -0.39 is 91.5 Å². The zero-order valence-corrected chi connectivity index (χ0v) is 73.7. The number of carbonyl (C=O) groups is 3. The lowest BCUT2D eigenvalue weighted by Crippen LogP contribution is -2.30. The lowest BCUT2D eigenvalue weighted by Gasteiger charge is -2.21. The molecule has 0 aliphatic rings.